The van der Waals surface area contributed by atoms with E-state index in [-0.39, 0.29) is 17.9 Å². The fourth-order valence-electron chi connectivity index (χ4n) is 5.12. The van der Waals surface area contributed by atoms with Crippen LogP contribution in [0.15, 0.2) is 54.2 Å². The van der Waals surface area contributed by atoms with Gasteiger partial charge >= 0.3 is 6.03 Å². The van der Waals surface area contributed by atoms with Crippen LogP contribution in [-0.2, 0) is 6.42 Å². The Morgan fingerprint density at radius 2 is 1.66 bits per heavy atom. The summed E-state index contributed by atoms with van der Waals surface area (Å²) in [7, 11) is 0. The standard InChI is InChI=1S/C28H35N7O2S/c1-2-32(16-11-23-7-3-5-12-29-23)27(36)24-21-38-26(31-24)22-9-14-34(15-10-22)28(37)35-19-17-33(18-20-35)25-8-4-6-13-30-25/h3-8,12-13,21-22H,2,9-11,14-20H2,1H3. The molecule has 3 amide bonds. The molecule has 0 bridgehead atoms. The molecule has 0 radical (unpaired) electrons. The van der Waals surface area contributed by atoms with Crippen molar-refractivity contribution >= 4 is 29.1 Å². The number of nitrogens with zero attached hydrogens (tertiary/aromatic N) is 7. The first kappa shape index (κ1) is 26.1. The molecule has 2 fully saturated rings. The van der Waals surface area contributed by atoms with E-state index >= 15 is 0 Å². The maximum atomic E-state index is 13.2. The number of urea groups is 1. The van der Waals surface area contributed by atoms with E-state index in [0.29, 0.717) is 31.9 Å². The van der Waals surface area contributed by atoms with Gasteiger partial charge in [-0.1, -0.05) is 12.1 Å². The first-order chi connectivity index (χ1) is 18.6. The number of piperidine rings is 1. The van der Waals surface area contributed by atoms with Crippen LogP contribution in [0.1, 0.15) is 46.9 Å². The van der Waals surface area contributed by atoms with Crippen molar-refractivity contribution in [3.63, 3.8) is 0 Å². The summed E-state index contributed by atoms with van der Waals surface area (Å²) in [6.45, 7) is 7.70. The molecule has 38 heavy (non-hydrogen) atoms. The molecule has 5 rings (SSSR count). The summed E-state index contributed by atoms with van der Waals surface area (Å²) in [6.07, 6.45) is 6.06. The van der Waals surface area contributed by atoms with Crippen LogP contribution in [0.5, 0.6) is 0 Å². The van der Waals surface area contributed by atoms with E-state index in [1.54, 1.807) is 17.5 Å². The number of hydrogen-bond donors (Lipinski definition) is 0. The van der Waals surface area contributed by atoms with Gasteiger partial charge in [0.25, 0.3) is 5.91 Å². The largest absolute Gasteiger partial charge is 0.353 e. The van der Waals surface area contributed by atoms with Gasteiger partial charge in [-0.25, -0.2) is 14.8 Å². The van der Waals surface area contributed by atoms with E-state index in [1.165, 1.54) is 0 Å². The Labute approximate surface area is 228 Å². The molecule has 5 heterocycles. The van der Waals surface area contributed by atoms with Crippen LogP contribution in [0.2, 0.25) is 0 Å². The number of hydrogen-bond acceptors (Lipinski definition) is 7. The van der Waals surface area contributed by atoms with Gasteiger partial charge in [0.15, 0.2) is 0 Å². The number of likely N-dealkylation sites (N-methyl/N-ethyl adjacent to an activating group) is 1. The van der Waals surface area contributed by atoms with Crippen LogP contribution in [0, 0.1) is 0 Å². The maximum Gasteiger partial charge on any atom is 0.320 e. The molecule has 0 atom stereocenters. The summed E-state index contributed by atoms with van der Waals surface area (Å²) in [5.41, 5.74) is 1.51. The van der Waals surface area contributed by atoms with Gasteiger partial charge in [-0.05, 0) is 44.0 Å². The van der Waals surface area contributed by atoms with Crippen molar-refractivity contribution in [3.05, 3.63) is 70.6 Å². The van der Waals surface area contributed by atoms with Crippen molar-refractivity contribution in [2.45, 2.75) is 32.1 Å². The minimum absolute atomic E-state index is 0.0246. The summed E-state index contributed by atoms with van der Waals surface area (Å²) in [4.78, 5) is 47.8. The lowest BCUT2D eigenvalue weighted by Crippen LogP contribution is -2.54. The highest BCUT2D eigenvalue weighted by Crippen LogP contribution is 2.31. The van der Waals surface area contributed by atoms with Gasteiger partial charge in [-0.3, -0.25) is 9.78 Å². The van der Waals surface area contributed by atoms with E-state index in [2.05, 4.69) is 14.9 Å². The third-order valence-electron chi connectivity index (χ3n) is 7.41. The average molecular weight is 534 g/mol. The summed E-state index contributed by atoms with van der Waals surface area (Å²) in [6, 6.07) is 11.9. The molecule has 200 valence electrons. The molecule has 0 N–H and O–H groups in total. The highest BCUT2D eigenvalue weighted by molar-refractivity contribution is 7.09. The van der Waals surface area contributed by atoms with Gasteiger partial charge in [0, 0.05) is 88.2 Å². The minimum Gasteiger partial charge on any atom is -0.353 e. The van der Waals surface area contributed by atoms with Crippen LogP contribution >= 0.6 is 11.3 Å². The summed E-state index contributed by atoms with van der Waals surface area (Å²) < 4.78 is 0. The molecular weight excluding hydrogens is 498 g/mol. The number of anilines is 1. The van der Waals surface area contributed by atoms with Crippen molar-refractivity contribution in [3.8, 4) is 0 Å². The fourth-order valence-corrected chi connectivity index (χ4v) is 6.08. The van der Waals surface area contributed by atoms with E-state index < -0.39 is 0 Å². The highest BCUT2D eigenvalue weighted by atomic mass is 32.1. The number of amides is 3. The van der Waals surface area contributed by atoms with Crippen molar-refractivity contribution in [1.29, 1.82) is 0 Å². The van der Waals surface area contributed by atoms with Gasteiger partial charge in [0.1, 0.15) is 11.5 Å². The highest BCUT2D eigenvalue weighted by Gasteiger charge is 2.31. The van der Waals surface area contributed by atoms with Crippen LogP contribution in [0.4, 0.5) is 10.6 Å². The molecule has 3 aromatic rings. The number of thiazole rings is 1. The number of likely N-dealkylation sites (tertiary alicyclic amines) is 1. The molecule has 2 aliphatic heterocycles. The van der Waals surface area contributed by atoms with E-state index in [4.69, 9.17) is 4.98 Å². The molecule has 2 aliphatic rings. The van der Waals surface area contributed by atoms with Crippen molar-refractivity contribution < 1.29 is 9.59 Å². The molecule has 0 unspecified atom stereocenters. The number of carbonyl (C=O) groups excluding carboxylic acids is 2. The second kappa shape index (κ2) is 12.3. The van der Waals surface area contributed by atoms with Gasteiger partial charge in [0.05, 0.1) is 5.01 Å². The number of aromatic nitrogens is 3. The first-order valence-electron chi connectivity index (χ1n) is 13.5. The molecule has 0 spiro atoms. The van der Waals surface area contributed by atoms with Crippen molar-refractivity contribution in [2.75, 3.05) is 57.3 Å². The monoisotopic (exact) mass is 533 g/mol. The second-order valence-electron chi connectivity index (χ2n) is 9.73. The van der Waals surface area contributed by atoms with Crippen LogP contribution < -0.4 is 4.90 Å². The van der Waals surface area contributed by atoms with Crippen molar-refractivity contribution in [2.24, 2.45) is 0 Å². The van der Waals surface area contributed by atoms with Gasteiger partial charge in [-0.2, -0.15) is 0 Å². The van der Waals surface area contributed by atoms with Crippen molar-refractivity contribution in [1.82, 2.24) is 29.7 Å². The van der Waals surface area contributed by atoms with E-state index in [0.717, 1.165) is 62.0 Å². The Bertz CT molecular complexity index is 1190. The quantitative estimate of drug-likeness (QED) is 0.460. The number of carbonyl (C=O) groups is 2. The summed E-state index contributed by atoms with van der Waals surface area (Å²) in [5, 5.41) is 2.89. The lowest BCUT2D eigenvalue weighted by molar-refractivity contribution is 0.0760. The number of pyridine rings is 2. The van der Waals surface area contributed by atoms with E-state index in [1.807, 2.05) is 69.6 Å². The summed E-state index contributed by atoms with van der Waals surface area (Å²) in [5.74, 6) is 1.23. The van der Waals surface area contributed by atoms with E-state index in [9.17, 15) is 9.59 Å². The lowest BCUT2D eigenvalue weighted by atomic mass is 9.98. The molecule has 0 aliphatic carbocycles. The normalized spacial score (nSPS) is 16.5. The average Bonchev–Trinajstić information content (AvgIpc) is 3.49. The SMILES string of the molecule is CCN(CCc1ccccn1)C(=O)c1csc(C2CCN(C(=O)N3CCN(c4ccccn4)CC3)CC2)n1. The smallest absolute Gasteiger partial charge is 0.320 e. The Balaban J connectivity index is 1.10. The molecular formula is C28H35N7O2S. The third kappa shape index (κ3) is 6.12. The zero-order chi connectivity index (χ0) is 26.3. The molecule has 3 aromatic heterocycles. The van der Waals surface area contributed by atoms with Gasteiger partial charge < -0.3 is 19.6 Å². The zero-order valence-electron chi connectivity index (χ0n) is 21.9. The van der Waals surface area contributed by atoms with Crippen LogP contribution in [0.25, 0.3) is 0 Å². The topological polar surface area (TPSA) is 85.8 Å². The third-order valence-corrected chi connectivity index (χ3v) is 8.42. The maximum absolute atomic E-state index is 13.2. The van der Waals surface area contributed by atoms with Crippen LogP contribution in [0.3, 0.4) is 0 Å². The Morgan fingerprint density at radius 1 is 0.947 bits per heavy atom. The van der Waals surface area contributed by atoms with Gasteiger partial charge in [-0.15, -0.1) is 11.3 Å². The number of rotatable bonds is 7. The fraction of sp³-hybridized carbons (Fsp3) is 0.464. The zero-order valence-corrected chi connectivity index (χ0v) is 22.7. The molecule has 2 saturated heterocycles. The van der Waals surface area contributed by atoms with Gasteiger partial charge in [0.2, 0.25) is 0 Å². The Morgan fingerprint density at radius 3 is 2.32 bits per heavy atom. The molecule has 0 saturated carbocycles. The predicted molar refractivity (Wildman–Crippen MR) is 149 cm³/mol. The predicted octanol–water partition coefficient (Wildman–Crippen LogP) is 3.76. The van der Waals surface area contributed by atoms with Crippen LogP contribution in [-0.4, -0.2) is 93.9 Å². The number of piperazine rings is 1. The Hall–Kier alpha value is -3.53. The Kier molecular flexibility index (Phi) is 8.47. The second-order valence-corrected chi connectivity index (χ2v) is 10.6. The lowest BCUT2D eigenvalue weighted by Gasteiger charge is -2.39. The first-order valence-corrected chi connectivity index (χ1v) is 14.3. The minimum atomic E-state index is -0.0246. The molecule has 10 heteroatoms. The summed E-state index contributed by atoms with van der Waals surface area (Å²) >= 11 is 1.57. The molecule has 9 nitrogen and oxygen atoms in total. The molecule has 0 aromatic carbocycles.